The lowest BCUT2D eigenvalue weighted by atomic mass is 10.1. The second kappa shape index (κ2) is 9.97. The van der Waals surface area contributed by atoms with Gasteiger partial charge in [-0.2, -0.15) is 10.2 Å². The maximum absolute atomic E-state index is 11.3. The van der Waals surface area contributed by atoms with Gasteiger partial charge in [-0.15, -0.1) is 0 Å². The summed E-state index contributed by atoms with van der Waals surface area (Å²) in [6, 6.07) is 5.43. The molecule has 0 aliphatic heterocycles. The number of nitriles is 1. The van der Waals surface area contributed by atoms with Gasteiger partial charge in [0.05, 0.1) is 12.7 Å². The van der Waals surface area contributed by atoms with Crippen molar-refractivity contribution in [1.29, 1.82) is 5.26 Å². The number of carboxylic acids is 1. The first-order valence-electron chi connectivity index (χ1n) is 10.3. The number of aliphatic carboxylic acids is 1. The Morgan fingerprint density at radius 1 is 1.38 bits per heavy atom. The molecule has 1 aliphatic carbocycles. The van der Waals surface area contributed by atoms with E-state index in [-0.39, 0.29) is 11.7 Å². The van der Waals surface area contributed by atoms with Crippen molar-refractivity contribution < 1.29 is 19.4 Å². The number of pyridine rings is 1. The summed E-state index contributed by atoms with van der Waals surface area (Å²) in [6.07, 6.45) is 11.9. The summed E-state index contributed by atoms with van der Waals surface area (Å²) >= 11 is 0. The number of hydrogen-bond acceptors (Lipinski definition) is 5. The first kappa shape index (κ1) is 20.7. The van der Waals surface area contributed by atoms with Gasteiger partial charge in [-0.3, -0.25) is 4.40 Å². The number of hydrogen-bond donors (Lipinski definition) is 1. The first-order chi connectivity index (χ1) is 14.1. The monoisotopic (exact) mass is 397 g/mol. The molecule has 1 N–H and O–H groups in total. The lowest BCUT2D eigenvalue weighted by molar-refractivity contribution is -0.132. The highest BCUT2D eigenvalue weighted by molar-refractivity contribution is 5.96. The standard InChI is InChI=1S/C22H27N3O4/c1-2-3-13-28-21-18(14-16(15-23)22(26)27)25-12-8-11-19(20(25)24-21)29-17-9-6-4-5-7-10-17/h8,11-12,14,17H,2-7,9-10,13H2,1H3,(H,26,27). The van der Waals surface area contributed by atoms with Gasteiger partial charge in [0.25, 0.3) is 0 Å². The molecule has 0 aromatic carbocycles. The van der Waals surface area contributed by atoms with Crippen LogP contribution in [-0.2, 0) is 4.79 Å². The first-order valence-corrected chi connectivity index (χ1v) is 10.3. The average Bonchev–Trinajstić information content (AvgIpc) is 2.87. The summed E-state index contributed by atoms with van der Waals surface area (Å²) in [5.74, 6) is -0.328. The van der Waals surface area contributed by atoms with Crippen molar-refractivity contribution in [2.24, 2.45) is 0 Å². The van der Waals surface area contributed by atoms with Gasteiger partial charge >= 0.3 is 5.97 Å². The van der Waals surface area contributed by atoms with Crippen LogP contribution < -0.4 is 9.47 Å². The van der Waals surface area contributed by atoms with Gasteiger partial charge < -0.3 is 14.6 Å². The second-order valence-electron chi connectivity index (χ2n) is 7.28. The molecular formula is C22H27N3O4. The molecule has 0 bridgehead atoms. The molecule has 0 radical (unpaired) electrons. The minimum Gasteiger partial charge on any atom is -0.487 e. The van der Waals surface area contributed by atoms with E-state index in [2.05, 4.69) is 11.9 Å². The highest BCUT2D eigenvalue weighted by atomic mass is 16.5. The highest BCUT2D eigenvalue weighted by Crippen LogP contribution is 2.31. The fourth-order valence-corrected chi connectivity index (χ4v) is 3.50. The maximum atomic E-state index is 11.3. The van der Waals surface area contributed by atoms with Crippen LogP contribution in [-0.4, -0.2) is 33.2 Å². The van der Waals surface area contributed by atoms with Gasteiger partial charge in [0.1, 0.15) is 17.3 Å². The lowest BCUT2D eigenvalue weighted by Gasteiger charge is -2.17. The number of rotatable bonds is 8. The van der Waals surface area contributed by atoms with Gasteiger partial charge in [-0.25, -0.2) is 4.79 Å². The predicted octanol–water partition coefficient (Wildman–Crippen LogP) is 4.61. The van der Waals surface area contributed by atoms with Crippen molar-refractivity contribution in [3.05, 3.63) is 29.6 Å². The normalized spacial score (nSPS) is 15.7. The van der Waals surface area contributed by atoms with Crippen LogP contribution in [0.25, 0.3) is 11.7 Å². The van der Waals surface area contributed by atoms with E-state index in [0.29, 0.717) is 29.6 Å². The maximum Gasteiger partial charge on any atom is 0.346 e. The SMILES string of the molecule is CCCCOc1nc2c(OC3CCCCCC3)cccn2c1C=C(C#N)C(=O)O. The van der Waals surface area contributed by atoms with Crippen LogP contribution in [0.15, 0.2) is 23.9 Å². The number of aromatic nitrogens is 2. The fourth-order valence-electron chi connectivity index (χ4n) is 3.50. The lowest BCUT2D eigenvalue weighted by Crippen LogP contribution is -2.15. The van der Waals surface area contributed by atoms with E-state index in [4.69, 9.17) is 9.47 Å². The minimum absolute atomic E-state index is 0.151. The quantitative estimate of drug-likeness (QED) is 0.302. The predicted molar refractivity (Wildman–Crippen MR) is 109 cm³/mol. The molecule has 0 saturated heterocycles. The van der Waals surface area contributed by atoms with E-state index >= 15 is 0 Å². The Bertz CT molecular complexity index is 918. The van der Waals surface area contributed by atoms with Crippen molar-refractivity contribution in [2.45, 2.75) is 64.4 Å². The van der Waals surface area contributed by atoms with Crippen molar-refractivity contribution in [1.82, 2.24) is 9.38 Å². The summed E-state index contributed by atoms with van der Waals surface area (Å²) in [5.41, 5.74) is 0.626. The second-order valence-corrected chi connectivity index (χ2v) is 7.28. The molecule has 7 nitrogen and oxygen atoms in total. The van der Waals surface area contributed by atoms with Crippen LogP contribution in [0.2, 0.25) is 0 Å². The molecule has 1 aliphatic rings. The molecule has 3 rings (SSSR count). The van der Waals surface area contributed by atoms with E-state index in [1.54, 1.807) is 16.7 Å². The molecule has 1 saturated carbocycles. The molecule has 2 heterocycles. The van der Waals surface area contributed by atoms with E-state index in [1.165, 1.54) is 18.9 Å². The van der Waals surface area contributed by atoms with Gasteiger partial charge in [0.2, 0.25) is 5.88 Å². The zero-order valence-corrected chi connectivity index (χ0v) is 16.8. The van der Waals surface area contributed by atoms with E-state index in [1.807, 2.05) is 12.1 Å². The van der Waals surface area contributed by atoms with Crippen LogP contribution in [0.5, 0.6) is 11.6 Å². The van der Waals surface area contributed by atoms with Gasteiger partial charge in [0.15, 0.2) is 11.4 Å². The third kappa shape index (κ3) is 5.08. The number of imidazole rings is 1. The average molecular weight is 397 g/mol. The summed E-state index contributed by atoms with van der Waals surface area (Å²) < 4.78 is 13.8. The van der Waals surface area contributed by atoms with Crippen LogP contribution in [0.3, 0.4) is 0 Å². The number of carbonyl (C=O) groups is 1. The molecule has 0 unspecified atom stereocenters. The molecule has 0 atom stereocenters. The van der Waals surface area contributed by atoms with Crippen LogP contribution in [0.1, 0.15) is 64.0 Å². The van der Waals surface area contributed by atoms with Crippen molar-refractivity contribution in [3.63, 3.8) is 0 Å². The summed E-state index contributed by atoms with van der Waals surface area (Å²) in [5, 5.41) is 18.4. The molecule has 0 spiro atoms. The molecule has 0 amide bonds. The molecule has 29 heavy (non-hydrogen) atoms. The van der Waals surface area contributed by atoms with Crippen molar-refractivity contribution >= 4 is 17.7 Å². The molecular weight excluding hydrogens is 370 g/mol. The van der Waals surface area contributed by atoms with Crippen LogP contribution >= 0.6 is 0 Å². The number of ether oxygens (including phenoxy) is 2. The van der Waals surface area contributed by atoms with E-state index in [9.17, 15) is 15.2 Å². The minimum atomic E-state index is -1.28. The number of nitrogens with zero attached hydrogens (tertiary/aromatic N) is 3. The van der Waals surface area contributed by atoms with Gasteiger partial charge in [0, 0.05) is 6.20 Å². The number of unbranched alkanes of at least 4 members (excludes halogenated alkanes) is 1. The molecule has 7 heteroatoms. The molecule has 1 fully saturated rings. The third-order valence-electron chi connectivity index (χ3n) is 5.08. The van der Waals surface area contributed by atoms with Gasteiger partial charge in [-0.05, 0) is 50.3 Å². The topological polar surface area (TPSA) is 96.9 Å². The van der Waals surface area contributed by atoms with E-state index < -0.39 is 5.97 Å². The zero-order chi connectivity index (χ0) is 20.6. The largest absolute Gasteiger partial charge is 0.487 e. The van der Waals surface area contributed by atoms with Crippen LogP contribution in [0, 0.1) is 11.3 Å². The Morgan fingerprint density at radius 3 is 2.79 bits per heavy atom. The van der Waals surface area contributed by atoms with Crippen molar-refractivity contribution in [3.8, 4) is 17.7 Å². The highest BCUT2D eigenvalue weighted by Gasteiger charge is 2.20. The van der Waals surface area contributed by atoms with Crippen molar-refractivity contribution in [2.75, 3.05) is 6.61 Å². The Hall–Kier alpha value is -3.01. The Labute approximate surface area is 170 Å². The number of fused-ring (bicyclic) bond motifs is 1. The van der Waals surface area contributed by atoms with E-state index in [0.717, 1.165) is 38.5 Å². The van der Waals surface area contributed by atoms with Gasteiger partial charge in [-0.1, -0.05) is 26.2 Å². The number of carboxylic acid groups (broad SMARTS) is 1. The molecule has 154 valence electrons. The summed E-state index contributed by atoms with van der Waals surface area (Å²) in [6.45, 7) is 2.53. The molecule has 2 aromatic rings. The summed E-state index contributed by atoms with van der Waals surface area (Å²) in [7, 11) is 0. The zero-order valence-electron chi connectivity index (χ0n) is 16.8. The Morgan fingerprint density at radius 2 is 2.14 bits per heavy atom. The fraction of sp³-hybridized carbons (Fsp3) is 0.500. The summed E-state index contributed by atoms with van der Waals surface area (Å²) in [4.78, 5) is 15.9. The Balaban J connectivity index is 2.01. The van der Waals surface area contributed by atoms with Crippen LogP contribution in [0.4, 0.5) is 0 Å². The smallest absolute Gasteiger partial charge is 0.346 e. The molecule has 2 aromatic heterocycles. The third-order valence-corrected chi connectivity index (χ3v) is 5.08. The Kier molecular flexibility index (Phi) is 7.12.